The summed E-state index contributed by atoms with van der Waals surface area (Å²) in [6.45, 7) is 5.35. The van der Waals surface area contributed by atoms with E-state index in [9.17, 15) is 9.59 Å². The number of rotatable bonds is 4. The molecule has 1 N–H and O–H groups in total. The van der Waals surface area contributed by atoms with Gasteiger partial charge >= 0.3 is 6.09 Å². The quantitative estimate of drug-likeness (QED) is 0.778. The van der Waals surface area contributed by atoms with E-state index >= 15 is 0 Å². The van der Waals surface area contributed by atoms with Crippen molar-refractivity contribution in [1.29, 1.82) is 0 Å². The maximum Gasteiger partial charge on any atom is 0.413 e. The highest BCUT2D eigenvalue weighted by atomic mass is 79.9. The second-order valence-electron chi connectivity index (χ2n) is 6.27. The molecule has 0 bridgehead atoms. The van der Waals surface area contributed by atoms with E-state index in [0.29, 0.717) is 5.82 Å². The summed E-state index contributed by atoms with van der Waals surface area (Å²) in [5, 5.41) is 2.58. The first kappa shape index (κ1) is 18.1. The fourth-order valence-corrected chi connectivity index (χ4v) is 2.58. The average Bonchev–Trinajstić information content (AvgIpc) is 2.46. The van der Waals surface area contributed by atoms with Gasteiger partial charge in [-0.3, -0.25) is 5.32 Å². The first-order valence-electron chi connectivity index (χ1n) is 7.45. The van der Waals surface area contributed by atoms with Crippen molar-refractivity contribution in [2.75, 3.05) is 5.32 Å². The van der Waals surface area contributed by atoms with E-state index in [4.69, 9.17) is 4.74 Å². The van der Waals surface area contributed by atoms with Crippen LogP contribution >= 0.6 is 15.9 Å². The summed E-state index contributed by atoms with van der Waals surface area (Å²) in [6.07, 6.45) is 1.84. The molecule has 1 aromatic carbocycles. The molecule has 1 aromatic heterocycles. The van der Waals surface area contributed by atoms with Crippen LogP contribution in [0.4, 0.5) is 10.6 Å². The normalized spacial score (nSPS) is 12.3. The van der Waals surface area contributed by atoms with Crippen LogP contribution in [0.1, 0.15) is 37.8 Å². The number of ether oxygens (including phenoxy) is 1. The van der Waals surface area contributed by atoms with Crippen LogP contribution in [-0.2, 0) is 9.53 Å². The van der Waals surface area contributed by atoms with Gasteiger partial charge in [-0.05, 0) is 56.2 Å². The van der Waals surface area contributed by atoms with Crippen molar-refractivity contribution in [1.82, 2.24) is 4.98 Å². The van der Waals surface area contributed by atoms with Gasteiger partial charge in [0.05, 0.1) is 5.92 Å². The molecule has 0 saturated carbocycles. The summed E-state index contributed by atoms with van der Waals surface area (Å²) in [7, 11) is 0. The lowest BCUT2D eigenvalue weighted by molar-refractivity contribution is -0.108. The number of nitrogens with one attached hydrogen (secondary N) is 1. The van der Waals surface area contributed by atoms with Gasteiger partial charge in [0.25, 0.3) is 0 Å². The number of nitrogens with zero attached hydrogens (tertiary/aromatic N) is 1. The third kappa shape index (κ3) is 5.16. The average molecular weight is 391 g/mol. The number of carbonyl (C=O) groups is 2. The zero-order valence-corrected chi connectivity index (χ0v) is 15.3. The molecule has 0 saturated heterocycles. The standard InChI is InChI=1S/C18H19BrN2O3/c1-18(2,3)24-17(23)21-16-10-13(7-8-20-16)15(11-22)12-5-4-6-14(19)9-12/h4-11,15H,1-3H3,(H,20,21,23). The highest BCUT2D eigenvalue weighted by Crippen LogP contribution is 2.26. The molecule has 0 spiro atoms. The van der Waals surface area contributed by atoms with Gasteiger partial charge in [-0.25, -0.2) is 9.78 Å². The summed E-state index contributed by atoms with van der Waals surface area (Å²) in [5.74, 6) is -0.103. The molecular formula is C18H19BrN2O3. The minimum Gasteiger partial charge on any atom is -0.444 e. The summed E-state index contributed by atoms with van der Waals surface area (Å²) in [6, 6.07) is 11.0. The van der Waals surface area contributed by atoms with Gasteiger partial charge in [0.2, 0.25) is 0 Å². The predicted octanol–water partition coefficient (Wildman–Crippen LogP) is 4.52. The van der Waals surface area contributed by atoms with Crippen LogP contribution in [0.2, 0.25) is 0 Å². The van der Waals surface area contributed by atoms with Crippen molar-refractivity contribution < 1.29 is 14.3 Å². The molecule has 6 heteroatoms. The van der Waals surface area contributed by atoms with E-state index in [1.165, 1.54) is 0 Å². The summed E-state index contributed by atoms with van der Waals surface area (Å²) >= 11 is 3.41. The molecule has 1 amide bonds. The molecule has 2 rings (SSSR count). The Labute approximate surface area is 149 Å². The molecule has 5 nitrogen and oxygen atoms in total. The Morgan fingerprint density at radius 3 is 2.58 bits per heavy atom. The largest absolute Gasteiger partial charge is 0.444 e. The zero-order chi connectivity index (χ0) is 17.7. The van der Waals surface area contributed by atoms with Crippen molar-refractivity contribution in [3.63, 3.8) is 0 Å². The van der Waals surface area contributed by atoms with Gasteiger partial charge in [0, 0.05) is 10.7 Å². The second-order valence-corrected chi connectivity index (χ2v) is 7.19. The van der Waals surface area contributed by atoms with Gasteiger partial charge in [0.1, 0.15) is 17.7 Å². The number of amides is 1. The van der Waals surface area contributed by atoms with Crippen molar-refractivity contribution in [3.05, 3.63) is 58.2 Å². The van der Waals surface area contributed by atoms with Gasteiger partial charge in [-0.1, -0.05) is 28.1 Å². The first-order valence-corrected chi connectivity index (χ1v) is 8.24. The lowest BCUT2D eigenvalue weighted by atomic mass is 9.93. The molecule has 2 aromatic rings. The van der Waals surface area contributed by atoms with Crippen LogP contribution in [0.15, 0.2) is 47.1 Å². The number of halogens is 1. The van der Waals surface area contributed by atoms with Crippen LogP contribution in [0.5, 0.6) is 0 Å². The number of hydrogen-bond acceptors (Lipinski definition) is 4. The minimum absolute atomic E-state index is 0.337. The number of aromatic nitrogens is 1. The van der Waals surface area contributed by atoms with E-state index in [-0.39, 0.29) is 0 Å². The molecule has 126 valence electrons. The third-order valence-corrected chi connectivity index (χ3v) is 3.61. The van der Waals surface area contributed by atoms with Gasteiger partial charge in [-0.2, -0.15) is 0 Å². The van der Waals surface area contributed by atoms with E-state index in [0.717, 1.165) is 21.9 Å². The number of anilines is 1. The number of hydrogen-bond donors (Lipinski definition) is 1. The molecule has 1 atom stereocenters. The highest BCUT2D eigenvalue weighted by molar-refractivity contribution is 9.10. The first-order chi connectivity index (χ1) is 11.3. The van der Waals surface area contributed by atoms with Crippen molar-refractivity contribution >= 4 is 34.1 Å². The third-order valence-electron chi connectivity index (χ3n) is 3.12. The van der Waals surface area contributed by atoms with Crippen LogP contribution in [0.3, 0.4) is 0 Å². The highest BCUT2D eigenvalue weighted by Gasteiger charge is 2.18. The number of pyridine rings is 1. The minimum atomic E-state index is -0.594. The summed E-state index contributed by atoms with van der Waals surface area (Å²) < 4.78 is 6.10. The Morgan fingerprint density at radius 2 is 1.96 bits per heavy atom. The topological polar surface area (TPSA) is 68.3 Å². The van der Waals surface area contributed by atoms with Crippen molar-refractivity contribution in [2.45, 2.75) is 32.3 Å². The lowest BCUT2D eigenvalue weighted by Crippen LogP contribution is -2.27. The monoisotopic (exact) mass is 390 g/mol. The zero-order valence-electron chi connectivity index (χ0n) is 13.7. The van der Waals surface area contributed by atoms with Crippen LogP contribution in [-0.4, -0.2) is 23.0 Å². The second kappa shape index (κ2) is 7.57. The Kier molecular flexibility index (Phi) is 5.72. The Morgan fingerprint density at radius 1 is 1.25 bits per heavy atom. The fraction of sp³-hybridized carbons (Fsp3) is 0.278. The number of carbonyl (C=O) groups excluding carboxylic acids is 2. The Balaban J connectivity index is 2.22. The fourth-order valence-electron chi connectivity index (χ4n) is 2.17. The Bertz CT molecular complexity index is 741. The lowest BCUT2D eigenvalue weighted by Gasteiger charge is -2.19. The molecule has 1 heterocycles. The summed E-state index contributed by atoms with van der Waals surface area (Å²) in [5.41, 5.74) is 1.00. The van der Waals surface area contributed by atoms with E-state index in [2.05, 4.69) is 26.2 Å². The smallest absolute Gasteiger partial charge is 0.413 e. The van der Waals surface area contributed by atoms with E-state index in [1.54, 1.807) is 39.1 Å². The SMILES string of the molecule is CC(C)(C)OC(=O)Nc1cc(C(C=O)c2cccc(Br)c2)ccn1. The summed E-state index contributed by atoms with van der Waals surface area (Å²) in [4.78, 5) is 27.5. The molecule has 0 fully saturated rings. The molecular weight excluding hydrogens is 372 g/mol. The molecule has 0 aliphatic heterocycles. The maximum absolute atomic E-state index is 11.8. The van der Waals surface area contributed by atoms with Crippen LogP contribution in [0.25, 0.3) is 0 Å². The molecule has 0 aliphatic carbocycles. The van der Waals surface area contributed by atoms with Crippen molar-refractivity contribution in [3.8, 4) is 0 Å². The Hall–Kier alpha value is -2.21. The van der Waals surface area contributed by atoms with Crippen LogP contribution < -0.4 is 5.32 Å². The molecule has 24 heavy (non-hydrogen) atoms. The maximum atomic E-state index is 11.8. The van der Waals surface area contributed by atoms with E-state index in [1.807, 2.05) is 24.3 Å². The molecule has 0 radical (unpaired) electrons. The van der Waals surface area contributed by atoms with Gasteiger partial charge in [0.15, 0.2) is 0 Å². The van der Waals surface area contributed by atoms with Crippen molar-refractivity contribution in [2.24, 2.45) is 0 Å². The number of benzene rings is 1. The van der Waals surface area contributed by atoms with Gasteiger partial charge in [-0.15, -0.1) is 0 Å². The van der Waals surface area contributed by atoms with Crippen LogP contribution in [0, 0.1) is 0 Å². The van der Waals surface area contributed by atoms with Gasteiger partial charge < -0.3 is 9.53 Å². The number of aldehydes is 1. The van der Waals surface area contributed by atoms with E-state index < -0.39 is 17.6 Å². The molecule has 1 unspecified atom stereocenters. The molecule has 0 aliphatic rings. The predicted molar refractivity (Wildman–Crippen MR) is 96.1 cm³/mol.